The zero-order valence-corrected chi connectivity index (χ0v) is 16.4. The van der Waals surface area contributed by atoms with Crippen molar-refractivity contribution < 1.29 is 14.3 Å². The van der Waals surface area contributed by atoms with Crippen molar-refractivity contribution in [1.82, 2.24) is 15.6 Å². The minimum atomic E-state index is -0.590. The fourth-order valence-electron chi connectivity index (χ4n) is 3.09. The van der Waals surface area contributed by atoms with Crippen LogP contribution in [-0.2, 0) is 11.2 Å². The van der Waals surface area contributed by atoms with Gasteiger partial charge in [-0.15, -0.1) is 0 Å². The number of ether oxygens (including phenoxy) is 1. The minimum Gasteiger partial charge on any atom is -0.496 e. The molecule has 2 aromatic carbocycles. The summed E-state index contributed by atoms with van der Waals surface area (Å²) in [7, 11) is 1.61. The minimum absolute atomic E-state index is 0.0269. The van der Waals surface area contributed by atoms with E-state index in [1.807, 2.05) is 25.1 Å². The molecular weight excluding hydrogens is 370 g/mol. The van der Waals surface area contributed by atoms with E-state index in [2.05, 4.69) is 15.6 Å². The molecule has 0 atom stereocenters. The van der Waals surface area contributed by atoms with E-state index in [-0.39, 0.29) is 23.4 Å². The number of amides is 2. The molecule has 1 heterocycles. The lowest BCUT2D eigenvalue weighted by molar-refractivity contribution is -0.120. The third-order valence-electron chi connectivity index (χ3n) is 4.59. The van der Waals surface area contributed by atoms with Crippen LogP contribution in [0.2, 0.25) is 0 Å². The van der Waals surface area contributed by atoms with Gasteiger partial charge in [-0.3, -0.25) is 14.4 Å². The molecule has 2 amide bonds. The molecular formula is C22H23N3O4. The lowest BCUT2D eigenvalue weighted by Crippen LogP contribution is -2.39. The zero-order valence-electron chi connectivity index (χ0n) is 16.4. The van der Waals surface area contributed by atoms with Gasteiger partial charge in [0, 0.05) is 23.6 Å². The topological polar surface area (TPSA) is 100 Å². The maximum Gasteiger partial charge on any atom is 0.257 e. The third kappa shape index (κ3) is 4.82. The molecule has 0 saturated heterocycles. The molecule has 0 unspecified atom stereocenters. The Morgan fingerprint density at radius 1 is 1.10 bits per heavy atom. The molecule has 3 rings (SSSR count). The normalized spacial score (nSPS) is 10.6. The summed E-state index contributed by atoms with van der Waals surface area (Å²) in [5.74, 6) is -0.150. The van der Waals surface area contributed by atoms with Gasteiger partial charge < -0.3 is 20.4 Å². The number of benzene rings is 2. The molecule has 7 nitrogen and oxygen atoms in total. The molecule has 0 bridgehead atoms. The van der Waals surface area contributed by atoms with E-state index in [1.54, 1.807) is 31.4 Å². The molecule has 7 heteroatoms. The molecule has 3 N–H and O–H groups in total. The highest BCUT2D eigenvalue weighted by Crippen LogP contribution is 2.19. The van der Waals surface area contributed by atoms with Crippen molar-refractivity contribution in [2.45, 2.75) is 13.3 Å². The van der Waals surface area contributed by atoms with Crippen LogP contribution in [0.1, 0.15) is 21.5 Å². The first kappa shape index (κ1) is 20.1. The Morgan fingerprint density at radius 3 is 2.69 bits per heavy atom. The molecule has 0 saturated carbocycles. The van der Waals surface area contributed by atoms with Crippen LogP contribution in [0.15, 0.2) is 53.5 Å². The largest absolute Gasteiger partial charge is 0.496 e. The average Bonchev–Trinajstić information content (AvgIpc) is 2.72. The van der Waals surface area contributed by atoms with E-state index in [0.29, 0.717) is 23.9 Å². The number of H-pyrrole nitrogens is 1. The highest BCUT2D eigenvalue weighted by Gasteiger charge is 2.14. The van der Waals surface area contributed by atoms with Crippen LogP contribution in [0.25, 0.3) is 10.9 Å². The van der Waals surface area contributed by atoms with Crippen LogP contribution in [0.3, 0.4) is 0 Å². The second-order valence-corrected chi connectivity index (χ2v) is 6.67. The Kier molecular flexibility index (Phi) is 6.29. The van der Waals surface area contributed by atoms with Crippen LogP contribution in [-0.4, -0.2) is 37.0 Å². The van der Waals surface area contributed by atoms with Crippen molar-refractivity contribution in [3.8, 4) is 5.75 Å². The van der Waals surface area contributed by atoms with Gasteiger partial charge in [-0.05, 0) is 37.1 Å². The van der Waals surface area contributed by atoms with E-state index in [0.717, 1.165) is 16.9 Å². The summed E-state index contributed by atoms with van der Waals surface area (Å²) < 4.78 is 5.33. The number of hydrogen-bond acceptors (Lipinski definition) is 4. The van der Waals surface area contributed by atoms with E-state index in [9.17, 15) is 14.4 Å². The van der Waals surface area contributed by atoms with Crippen molar-refractivity contribution in [3.05, 3.63) is 75.6 Å². The van der Waals surface area contributed by atoms with Crippen molar-refractivity contribution in [1.29, 1.82) is 0 Å². The smallest absolute Gasteiger partial charge is 0.257 e. The molecule has 0 aliphatic heterocycles. The van der Waals surface area contributed by atoms with Gasteiger partial charge in [-0.25, -0.2) is 0 Å². The number of methoxy groups -OCH3 is 1. The Hall–Kier alpha value is -3.61. The molecule has 29 heavy (non-hydrogen) atoms. The molecule has 0 spiro atoms. The van der Waals surface area contributed by atoms with E-state index < -0.39 is 5.91 Å². The Balaban J connectivity index is 1.53. The second-order valence-electron chi connectivity index (χ2n) is 6.67. The summed E-state index contributed by atoms with van der Waals surface area (Å²) in [6.07, 6.45) is 1.97. The van der Waals surface area contributed by atoms with Crippen molar-refractivity contribution >= 4 is 22.7 Å². The molecule has 0 aliphatic rings. The molecule has 0 radical (unpaired) electrons. The number of aromatic nitrogens is 1. The number of pyridine rings is 1. The monoisotopic (exact) mass is 393 g/mol. The lowest BCUT2D eigenvalue weighted by Gasteiger charge is -2.11. The summed E-state index contributed by atoms with van der Waals surface area (Å²) in [6, 6.07) is 12.8. The van der Waals surface area contributed by atoms with E-state index >= 15 is 0 Å². The summed E-state index contributed by atoms with van der Waals surface area (Å²) in [5.41, 5.74) is 2.36. The van der Waals surface area contributed by atoms with Gasteiger partial charge in [-0.2, -0.15) is 0 Å². The Morgan fingerprint density at radius 2 is 1.90 bits per heavy atom. The number of hydrogen-bond donors (Lipinski definition) is 3. The molecule has 150 valence electrons. The second kappa shape index (κ2) is 9.05. The third-order valence-corrected chi connectivity index (χ3v) is 4.59. The van der Waals surface area contributed by atoms with Crippen LogP contribution < -0.4 is 20.8 Å². The summed E-state index contributed by atoms with van der Waals surface area (Å²) in [4.78, 5) is 39.7. The van der Waals surface area contributed by atoms with Crippen molar-refractivity contribution in [2.75, 3.05) is 20.2 Å². The predicted octanol–water partition coefficient (Wildman–Crippen LogP) is 1.93. The first-order chi connectivity index (χ1) is 14.0. The lowest BCUT2D eigenvalue weighted by atomic mass is 10.1. The number of aryl methyl sites for hydroxylation is 1. The number of carbonyl (C=O) groups excluding carboxylic acids is 2. The number of para-hydroxylation sites is 1. The Labute approximate surface area is 168 Å². The first-order valence-corrected chi connectivity index (χ1v) is 9.28. The maximum absolute atomic E-state index is 12.4. The summed E-state index contributed by atoms with van der Waals surface area (Å²) >= 11 is 0. The highest BCUT2D eigenvalue weighted by atomic mass is 16.5. The molecule has 1 aromatic heterocycles. The van der Waals surface area contributed by atoms with Crippen LogP contribution in [0, 0.1) is 6.92 Å². The number of nitrogens with one attached hydrogen (secondary N) is 3. The number of aromatic amines is 1. The van der Waals surface area contributed by atoms with E-state index in [1.165, 1.54) is 6.20 Å². The van der Waals surface area contributed by atoms with Crippen molar-refractivity contribution in [3.63, 3.8) is 0 Å². The highest BCUT2D eigenvalue weighted by molar-refractivity contribution is 5.98. The number of carbonyl (C=O) groups is 2. The molecule has 0 fully saturated rings. The average molecular weight is 393 g/mol. The van der Waals surface area contributed by atoms with Gasteiger partial charge in [-0.1, -0.05) is 29.8 Å². The van der Waals surface area contributed by atoms with Gasteiger partial charge in [0.1, 0.15) is 11.3 Å². The summed E-state index contributed by atoms with van der Waals surface area (Å²) in [6.45, 7) is 2.19. The maximum atomic E-state index is 12.4. The van der Waals surface area contributed by atoms with Gasteiger partial charge in [0.15, 0.2) is 0 Å². The van der Waals surface area contributed by atoms with Crippen LogP contribution in [0.5, 0.6) is 5.75 Å². The molecule has 0 aliphatic carbocycles. The fourth-order valence-corrected chi connectivity index (χ4v) is 3.09. The SMILES string of the molecule is COc1ccc(C)cc1CCNC(=O)CNC(=O)c1c[nH]c2ccccc2c1=O. The first-order valence-electron chi connectivity index (χ1n) is 9.28. The van der Waals surface area contributed by atoms with Gasteiger partial charge in [0.2, 0.25) is 11.3 Å². The van der Waals surface area contributed by atoms with Crippen molar-refractivity contribution in [2.24, 2.45) is 0 Å². The van der Waals surface area contributed by atoms with Gasteiger partial charge >= 0.3 is 0 Å². The summed E-state index contributed by atoms with van der Waals surface area (Å²) in [5, 5.41) is 5.67. The molecule has 3 aromatic rings. The van der Waals surface area contributed by atoms with E-state index in [4.69, 9.17) is 4.74 Å². The number of rotatable bonds is 7. The van der Waals surface area contributed by atoms with Crippen LogP contribution in [0.4, 0.5) is 0 Å². The fraction of sp³-hybridized carbons (Fsp3) is 0.227. The quantitative estimate of drug-likeness (QED) is 0.571. The standard InChI is InChI=1S/C22H23N3O4/c1-14-7-8-19(29-2)15(11-14)9-10-23-20(26)13-25-22(28)17-12-24-18-6-4-3-5-16(18)21(17)27/h3-8,11-12H,9-10,13H2,1-2H3,(H,23,26)(H,24,27)(H,25,28). The Bertz CT molecular complexity index is 1100. The predicted molar refractivity (Wildman–Crippen MR) is 111 cm³/mol. The van der Waals surface area contributed by atoms with Gasteiger partial charge in [0.05, 0.1) is 13.7 Å². The zero-order chi connectivity index (χ0) is 20.8. The van der Waals surface area contributed by atoms with Gasteiger partial charge in [0.25, 0.3) is 5.91 Å². The van der Waals surface area contributed by atoms with Crippen LogP contribution >= 0.6 is 0 Å². The number of fused-ring (bicyclic) bond motifs is 1.